The largest absolute Gasteiger partial charge is 0.385 e. The van der Waals surface area contributed by atoms with Crippen LogP contribution in [0.15, 0.2) is 24.3 Å². The van der Waals surface area contributed by atoms with Crippen molar-refractivity contribution in [2.24, 2.45) is 0 Å². The summed E-state index contributed by atoms with van der Waals surface area (Å²) in [5, 5.41) is 10.5. The van der Waals surface area contributed by atoms with Crippen molar-refractivity contribution in [2.75, 3.05) is 0 Å². The van der Waals surface area contributed by atoms with Crippen LogP contribution in [0.5, 0.6) is 0 Å². The van der Waals surface area contributed by atoms with Gasteiger partial charge in [0, 0.05) is 5.02 Å². The van der Waals surface area contributed by atoms with Crippen LogP contribution < -0.4 is 0 Å². The predicted octanol–water partition coefficient (Wildman–Crippen LogP) is 2.77. The number of hydrogen-bond acceptors (Lipinski definition) is 1. The van der Waals surface area contributed by atoms with Gasteiger partial charge in [-0.25, -0.2) is 0 Å². The first-order chi connectivity index (χ1) is 5.56. The Morgan fingerprint density at radius 1 is 1.42 bits per heavy atom. The molecule has 2 heteroatoms. The molecule has 1 rings (SSSR count). The highest BCUT2D eigenvalue weighted by molar-refractivity contribution is 6.30. The van der Waals surface area contributed by atoms with Crippen LogP contribution in [0.25, 0.3) is 0 Å². The quantitative estimate of drug-likeness (QED) is 0.748. The van der Waals surface area contributed by atoms with E-state index < -0.39 is 5.60 Å². The molecular formula is C10H12ClO. The van der Waals surface area contributed by atoms with Crippen molar-refractivity contribution in [1.29, 1.82) is 0 Å². The molecule has 0 aliphatic heterocycles. The van der Waals surface area contributed by atoms with Crippen molar-refractivity contribution < 1.29 is 5.11 Å². The zero-order chi connectivity index (χ0) is 9.19. The maximum Gasteiger partial charge on any atom is 0.0868 e. The Morgan fingerprint density at radius 3 is 2.33 bits per heavy atom. The van der Waals surface area contributed by atoms with Crippen molar-refractivity contribution in [2.45, 2.75) is 18.9 Å². The average molecular weight is 184 g/mol. The first-order valence-corrected chi connectivity index (χ1v) is 4.22. The van der Waals surface area contributed by atoms with Gasteiger partial charge in [-0.15, -0.1) is 0 Å². The topological polar surface area (TPSA) is 20.2 Å². The van der Waals surface area contributed by atoms with Gasteiger partial charge < -0.3 is 5.11 Å². The standard InChI is InChI=1S/C10H12ClO/c1-3-10(2,12)8-4-6-9(11)7-5-8/h4-7,12H,1,3H2,2H3. The van der Waals surface area contributed by atoms with Gasteiger partial charge in [0.05, 0.1) is 5.60 Å². The van der Waals surface area contributed by atoms with Crippen LogP contribution in [0.4, 0.5) is 0 Å². The fourth-order valence-electron chi connectivity index (χ4n) is 0.953. The highest BCUT2D eigenvalue weighted by atomic mass is 35.5. The van der Waals surface area contributed by atoms with E-state index in [4.69, 9.17) is 11.6 Å². The monoisotopic (exact) mass is 183 g/mol. The zero-order valence-electron chi connectivity index (χ0n) is 7.05. The van der Waals surface area contributed by atoms with E-state index in [0.717, 1.165) is 5.56 Å². The van der Waals surface area contributed by atoms with E-state index in [0.29, 0.717) is 11.4 Å². The summed E-state index contributed by atoms with van der Waals surface area (Å²) in [4.78, 5) is 0. The number of aliphatic hydroxyl groups is 1. The first-order valence-electron chi connectivity index (χ1n) is 3.84. The van der Waals surface area contributed by atoms with Crippen molar-refractivity contribution >= 4 is 11.6 Å². The van der Waals surface area contributed by atoms with E-state index in [1.807, 2.05) is 12.1 Å². The molecule has 1 radical (unpaired) electrons. The van der Waals surface area contributed by atoms with Crippen molar-refractivity contribution in [3.8, 4) is 0 Å². The smallest absolute Gasteiger partial charge is 0.0868 e. The molecule has 1 atom stereocenters. The second kappa shape index (κ2) is 3.46. The molecule has 0 spiro atoms. The molecule has 1 nitrogen and oxygen atoms in total. The van der Waals surface area contributed by atoms with Gasteiger partial charge in [0.25, 0.3) is 0 Å². The molecule has 0 aliphatic carbocycles. The Balaban J connectivity index is 2.96. The molecule has 1 N–H and O–H groups in total. The summed E-state index contributed by atoms with van der Waals surface area (Å²) in [5.41, 5.74) is 0.00631. The number of rotatable bonds is 2. The third-order valence-electron chi connectivity index (χ3n) is 1.95. The third-order valence-corrected chi connectivity index (χ3v) is 2.20. The summed E-state index contributed by atoms with van der Waals surface area (Å²) in [7, 11) is 0. The summed E-state index contributed by atoms with van der Waals surface area (Å²) < 4.78 is 0. The highest BCUT2D eigenvalue weighted by Crippen LogP contribution is 2.24. The second-order valence-corrected chi connectivity index (χ2v) is 3.47. The Hall–Kier alpha value is -0.530. The minimum Gasteiger partial charge on any atom is -0.385 e. The number of benzene rings is 1. The number of hydrogen-bond donors (Lipinski definition) is 1. The Morgan fingerprint density at radius 2 is 1.92 bits per heavy atom. The SMILES string of the molecule is [CH2]CC(C)(O)c1ccc(Cl)cc1. The summed E-state index contributed by atoms with van der Waals surface area (Å²) in [6.45, 7) is 5.41. The molecule has 0 saturated carbocycles. The zero-order valence-corrected chi connectivity index (χ0v) is 7.80. The maximum atomic E-state index is 9.78. The maximum absolute atomic E-state index is 9.78. The summed E-state index contributed by atoms with van der Waals surface area (Å²) in [5.74, 6) is 0. The molecule has 12 heavy (non-hydrogen) atoms. The van der Waals surface area contributed by atoms with Gasteiger partial charge in [0.15, 0.2) is 0 Å². The molecule has 0 amide bonds. The molecule has 1 unspecified atom stereocenters. The van der Waals surface area contributed by atoms with Crippen LogP contribution in [0.1, 0.15) is 18.9 Å². The molecule has 0 saturated heterocycles. The van der Waals surface area contributed by atoms with Gasteiger partial charge in [0.2, 0.25) is 0 Å². The molecule has 0 heterocycles. The van der Waals surface area contributed by atoms with Crippen molar-refractivity contribution in [1.82, 2.24) is 0 Å². The van der Waals surface area contributed by atoms with Crippen molar-refractivity contribution in [3.05, 3.63) is 41.8 Å². The van der Waals surface area contributed by atoms with Crippen LogP contribution in [0.3, 0.4) is 0 Å². The predicted molar refractivity (Wildman–Crippen MR) is 51.0 cm³/mol. The van der Waals surface area contributed by atoms with E-state index >= 15 is 0 Å². The molecule has 0 fully saturated rings. The van der Waals surface area contributed by atoms with E-state index in [2.05, 4.69) is 6.92 Å². The third kappa shape index (κ3) is 1.99. The lowest BCUT2D eigenvalue weighted by molar-refractivity contribution is 0.0598. The van der Waals surface area contributed by atoms with Crippen LogP contribution in [-0.4, -0.2) is 5.11 Å². The lowest BCUT2D eigenvalue weighted by Gasteiger charge is -2.21. The highest BCUT2D eigenvalue weighted by Gasteiger charge is 2.19. The minimum absolute atomic E-state index is 0.453. The lowest BCUT2D eigenvalue weighted by Crippen LogP contribution is -2.19. The average Bonchev–Trinajstić information content (AvgIpc) is 2.05. The van der Waals surface area contributed by atoms with Gasteiger partial charge in [-0.2, -0.15) is 0 Å². The Bertz CT molecular complexity index is 251. The normalized spacial score (nSPS) is 15.7. The lowest BCUT2D eigenvalue weighted by atomic mass is 9.94. The molecule has 1 aromatic carbocycles. The molecule has 0 aliphatic rings. The van der Waals surface area contributed by atoms with Crippen LogP contribution in [0, 0.1) is 6.92 Å². The van der Waals surface area contributed by atoms with Crippen LogP contribution in [-0.2, 0) is 5.60 Å². The summed E-state index contributed by atoms with van der Waals surface area (Å²) in [6.07, 6.45) is 0.453. The minimum atomic E-state index is -0.843. The van der Waals surface area contributed by atoms with E-state index in [1.165, 1.54) is 0 Å². The van der Waals surface area contributed by atoms with Crippen LogP contribution >= 0.6 is 11.6 Å². The first kappa shape index (κ1) is 9.56. The van der Waals surface area contributed by atoms with Gasteiger partial charge in [-0.1, -0.05) is 30.7 Å². The van der Waals surface area contributed by atoms with Gasteiger partial charge in [0.1, 0.15) is 0 Å². The molecule has 0 aromatic heterocycles. The molecule has 1 aromatic rings. The summed E-state index contributed by atoms with van der Waals surface area (Å²) in [6, 6.07) is 7.16. The fourth-order valence-corrected chi connectivity index (χ4v) is 1.08. The number of halogens is 1. The van der Waals surface area contributed by atoms with E-state index in [-0.39, 0.29) is 0 Å². The second-order valence-electron chi connectivity index (χ2n) is 3.03. The summed E-state index contributed by atoms with van der Waals surface area (Å²) >= 11 is 5.71. The van der Waals surface area contributed by atoms with Gasteiger partial charge in [-0.05, 0) is 31.0 Å². The van der Waals surface area contributed by atoms with Crippen LogP contribution in [0.2, 0.25) is 5.02 Å². The van der Waals surface area contributed by atoms with Gasteiger partial charge in [-0.3, -0.25) is 0 Å². The Kier molecular flexibility index (Phi) is 2.76. The van der Waals surface area contributed by atoms with Crippen molar-refractivity contribution in [3.63, 3.8) is 0 Å². The van der Waals surface area contributed by atoms with E-state index in [9.17, 15) is 5.11 Å². The van der Waals surface area contributed by atoms with E-state index in [1.54, 1.807) is 19.1 Å². The van der Waals surface area contributed by atoms with Gasteiger partial charge >= 0.3 is 0 Å². The molecule has 65 valence electrons. The fraction of sp³-hybridized carbons (Fsp3) is 0.300. The molecular weight excluding hydrogens is 172 g/mol. The Labute approximate surface area is 78.0 Å². The molecule has 0 bridgehead atoms.